The van der Waals surface area contributed by atoms with Gasteiger partial charge < -0.3 is 19.4 Å². The summed E-state index contributed by atoms with van der Waals surface area (Å²) in [5.74, 6) is 0.760. The Morgan fingerprint density at radius 3 is 2.66 bits per heavy atom. The number of pyridine rings is 1. The Morgan fingerprint density at radius 2 is 1.87 bits per heavy atom. The zero-order valence-electron chi connectivity index (χ0n) is 21.7. The zero-order chi connectivity index (χ0) is 26.1. The Morgan fingerprint density at radius 1 is 1.05 bits per heavy atom. The van der Waals surface area contributed by atoms with Crippen LogP contribution >= 0.6 is 0 Å². The normalized spacial score (nSPS) is 18.3. The van der Waals surface area contributed by atoms with E-state index < -0.39 is 0 Å². The molecule has 4 heterocycles. The molecule has 0 bridgehead atoms. The Balaban J connectivity index is 1.38. The van der Waals surface area contributed by atoms with Crippen molar-refractivity contribution in [2.24, 2.45) is 0 Å². The number of fused-ring (bicyclic) bond motifs is 2. The quantitative estimate of drug-likeness (QED) is 0.362. The van der Waals surface area contributed by atoms with Crippen molar-refractivity contribution in [2.75, 3.05) is 51.3 Å². The van der Waals surface area contributed by atoms with Crippen molar-refractivity contribution < 1.29 is 9.53 Å². The number of likely N-dealkylation sites (tertiary alicyclic amines) is 1. The van der Waals surface area contributed by atoms with Gasteiger partial charge in [-0.3, -0.25) is 9.78 Å². The van der Waals surface area contributed by atoms with Gasteiger partial charge in [0.2, 0.25) is 5.91 Å². The average Bonchev–Trinajstić information content (AvgIpc) is 3.39. The fraction of sp³-hybridized carbons (Fsp3) is 0.333. The fourth-order valence-electron chi connectivity index (χ4n) is 5.52. The molecular weight excluding hydrogens is 476 g/mol. The van der Waals surface area contributed by atoms with Gasteiger partial charge in [-0.1, -0.05) is 49.0 Å². The summed E-state index contributed by atoms with van der Waals surface area (Å²) in [5, 5.41) is 3.20. The number of anilines is 1. The average molecular weight is 509 g/mol. The number of nitrogens with zero attached hydrogens (tertiary/aromatic N) is 6. The van der Waals surface area contributed by atoms with Gasteiger partial charge in [-0.05, 0) is 49.3 Å². The van der Waals surface area contributed by atoms with E-state index in [2.05, 4.69) is 59.8 Å². The van der Waals surface area contributed by atoms with E-state index in [0.717, 1.165) is 46.3 Å². The number of carbonyl (C=O) groups excluding carboxylic acids is 1. The number of carbonyl (C=O) groups is 1. The van der Waals surface area contributed by atoms with Crippen LogP contribution in [0.1, 0.15) is 12.8 Å². The molecule has 0 saturated carbocycles. The van der Waals surface area contributed by atoms with Crippen LogP contribution in [0.15, 0.2) is 67.4 Å². The lowest BCUT2D eigenvalue weighted by molar-refractivity contribution is -0.126. The molecule has 8 heteroatoms. The first kappa shape index (κ1) is 24.3. The molecule has 8 nitrogen and oxygen atoms in total. The number of ether oxygens (including phenoxy) is 1. The summed E-state index contributed by atoms with van der Waals surface area (Å²) in [7, 11) is 2.14. The molecule has 2 aliphatic rings. The van der Waals surface area contributed by atoms with Gasteiger partial charge in [0.05, 0.1) is 16.6 Å². The lowest BCUT2D eigenvalue weighted by Gasteiger charge is -2.35. The third kappa shape index (κ3) is 4.67. The van der Waals surface area contributed by atoms with Crippen LogP contribution < -0.4 is 9.64 Å². The summed E-state index contributed by atoms with van der Waals surface area (Å²) >= 11 is 0. The van der Waals surface area contributed by atoms with Crippen LogP contribution in [0.3, 0.4) is 0 Å². The SMILES string of the molecule is C=CC(=O)N1CCN(c2nc(OC[C@@H]3CCCN3C)nc3cc(-c4cccc5ccccc45)ncc23)CC1. The van der Waals surface area contributed by atoms with Gasteiger partial charge in [0, 0.05) is 44.0 Å². The summed E-state index contributed by atoms with van der Waals surface area (Å²) in [4.78, 5) is 33.0. The van der Waals surface area contributed by atoms with Crippen LogP contribution in [0.5, 0.6) is 6.01 Å². The Hall–Kier alpha value is -4.04. The maximum absolute atomic E-state index is 12.1. The second kappa shape index (κ2) is 10.4. The van der Waals surface area contributed by atoms with Crippen LogP contribution in [0.25, 0.3) is 32.9 Å². The molecule has 0 N–H and O–H groups in total. The van der Waals surface area contributed by atoms with E-state index in [4.69, 9.17) is 19.7 Å². The molecule has 194 valence electrons. The largest absolute Gasteiger partial charge is 0.462 e. The van der Waals surface area contributed by atoms with Crippen molar-refractivity contribution in [3.63, 3.8) is 0 Å². The first-order valence-electron chi connectivity index (χ1n) is 13.3. The number of likely N-dealkylation sites (N-methyl/N-ethyl adjacent to an activating group) is 1. The number of hydrogen-bond donors (Lipinski definition) is 0. The molecule has 1 atom stereocenters. The standard InChI is InChI=1S/C30H32N6O2/c1-3-28(37)35-14-16-36(17-15-35)29-25-19-31-26(24-12-6-9-21-8-4-5-11-23(21)24)18-27(25)32-30(33-29)38-20-22-10-7-13-34(22)2/h3-6,8-9,11-12,18-19,22H,1,7,10,13-17,20H2,2H3/t22-/m0/s1. The molecule has 2 aliphatic heterocycles. The first-order valence-corrected chi connectivity index (χ1v) is 13.3. The molecule has 0 spiro atoms. The van der Waals surface area contributed by atoms with Crippen LogP contribution in [0.4, 0.5) is 5.82 Å². The molecule has 2 aromatic carbocycles. The summed E-state index contributed by atoms with van der Waals surface area (Å²) in [5.41, 5.74) is 2.73. The number of benzene rings is 2. The number of rotatable bonds is 6. The molecule has 2 fully saturated rings. The van der Waals surface area contributed by atoms with Crippen LogP contribution in [0.2, 0.25) is 0 Å². The second-order valence-corrected chi connectivity index (χ2v) is 10.0. The van der Waals surface area contributed by atoms with Crippen molar-refractivity contribution in [3.05, 3.63) is 67.4 Å². The van der Waals surface area contributed by atoms with E-state index in [1.165, 1.54) is 17.9 Å². The number of amides is 1. The van der Waals surface area contributed by atoms with E-state index in [9.17, 15) is 4.79 Å². The van der Waals surface area contributed by atoms with Gasteiger partial charge in [-0.25, -0.2) is 0 Å². The lowest BCUT2D eigenvalue weighted by Crippen LogP contribution is -2.48. The van der Waals surface area contributed by atoms with Gasteiger partial charge in [0.25, 0.3) is 0 Å². The zero-order valence-corrected chi connectivity index (χ0v) is 21.7. The predicted octanol–water partition coefficient (Wildman–Crippen LogP) is 4.15. The number of hydrogen-bond acceptors (Lipinski definition) is 7. The smallest absolute Gasteiger partial charge is 0.319 e. The van der Waals surface area contributed by atoms with E-state index >= 15 is 0 Å². The van der Waals surface area contributed by atoms with Crippen molar-refractivity contribution in [1.82, 2.24) is 24.8 Å². The lowest BCUT2D eigenvalue weighted by atomic mass is 10.0. The highest BCUT2D eigenvalue weighted by Crippen LogP contribution is 2.32. The second-order valence-electron chi connectivity index (χ2n) is 10.0. The highest BCUT2D eigenvalue weighted by Gasteiger charge is 2.25. The summed E-state index contributed by atoms with van der Waals surface area (Å²) in [6.07, 6.45) is 5.55. The van der Waals surface area contributed by atoms with Gasteiger partial charge in [0.1, 0.15) is 12.4 Å². The van der Waals surface area contributed by atoms with Gasteiger partial charge in [-0.2, -0.15) is 9.97 Å². The maximum Gasteiger partial charge on any atom is 0.319 e. The van der Waals surface area contributed by atoms with Crippen molar-refractivity contribution in [3.8, 4) is 17.3 Å². The van der Waals surface area contributed by atoms with E-state index in [1.54, 1.807) is 0 Å². The van der Waals surface area contributed by atoms with Crippen LogP contribution in [0, 0.1) is 0 Å². The van der Waals surface area contributed by atoms with Crippen LogP contribution in [-0.4, -0.2) is 83.1 Å². The van der Waals surface area contributed by atoms with Gasteiger partial charge in [-0.15, -0.1) is 0 Å². The third-order valence-electron chi connectivity index (χ3n) is 7.75. The molecule has 2 saturated heterocycles. The third-order valence-corrected chi connectivity index (χ3v) is 7.75. The van der Waals surface area contributed by atoms with Crippen molar-refractivity contribution in [1.29, 1.82) is 0 Å². The molecule has 0 aliphatic carbocycles. The summed E-state index contributed by atoms with van der Waals surface area (Å²) in [6.45, 7) is 7.83. The Bertz CT molecular complexity index is 1490. The molecule has 38 heavy (non-hydrogen) atoms. The van der Waals surface area contributed by atoms with Crippen molar-refractivity contribution >= 4 is 33.4 Å². The predicted molar refractivity (Wildman–Crippen MR) is 150 cm³/mol. The van der Waals surface area contributed by atoms with Crippen LogP contribution in [-0.2, 0) is 4.79 Å². The molecular formula is C30H32N6O2. The van der Waals surface area contributed by atoms with Crippen molar-refractivity contribution in [2.45, 2.75) is 18.9 Å². The molecule has 0 radical (unpaired) electrons. The maximum atomic E-state index is 12.1. The minimum Gasteiger partial charge on any atom is -0.462 e. The summed E-state index contributed by atoms with van der Waals surface area (Å²) in [6, 6.07) is 17.4. The highest BCUT2D eigenvalue weighted by molar-refractivity contribution is 5.98. The molecule has 1 amide bonds. The highest BCUT2D eigenvalue weighted by atomic mass is 16.5. The summed E-state index contributed by atoms with van der Waals surface area (Å²) < 4.78 is 6.20. The van der Waals surface area contributed by atoms with Gasteiger partial charge in [0.15, 0.2) is 0 Å². The molecule has 2 aromatic heterocycles. The molecule has 6 rings (SSSR count). The fourth-order valence-corrected chi connectivity index (χ4v) is 5.52. The topological polar surface area (TPSA) is 74.7 Å². The Kier molecular flexibility index (Phi) is 6.64. The Labute approximate surface area is 222 Å². The van der Waals surface area contributed by atoms with E-state index in [0.29, 0.717) is 44.8 Å². The minimum atomic E-state index is -0.0386. The van der Waals surface area contributed by atoms with E-state index in [-0.39, 0.29) is 5.91 Å². The first-order chi connectivity index (χ1) is 18.6. The van der Waals surface area contributed by atoms with Gasteiger partial charge >= 0.3 is 6.01 Å². The van der Waals surface area contributed by atoms with E-state index in [1.807, 2.05) is 23.2 Å². The molecule has 0 unspecified atom stereocenters. The number of aromatic nitrogens is 3. The molecule has 4 aromatic rings. The number of piperazine rings is 1. The minimum absolute atomic E-state index is 0.0386. The monoisotopic (exact) mass is 508 g/mol.